The van der Waals surface area contributed by atoms with Crippen molar-refractivity contribution in [1.29, 1.82) is 0 Å². The molecule has 0 saturated carbocycles. The second kappa shape index (κ2) is 7.11. The number of benzene rings is 1. The van der Waals surface area contributed by atoms with E-state index in [1.807, 2.05) is 0 Å². The molecule has 0 bridgehead atoms. The maximum absolute atomic E-state index is 12.8. The van der Waals surface area contributed by atoms with E-state index >= 15 is 0 Å². The van der Waals surface area contributed by atoms with Gasteiger partial charge in [-0.1, -0.05) is 18.2 Å². The summed E-state index contributed by atoms with van der Waals surface area (Å²) < 4.78 is 43.3. The highest BCUT2D eigenvalue weighted by molar-refractivity contribution is 5.78. The van der Waals surface area contributed by atoms with Crippen LogP contribution >= 0.6 is 0 Å². The summed E-state index contributed by atoms with van der Waals surface area (Å²) in [6.45, 7) is 3.47. The molecular formula is C15H19F3N2O2. The van der Waals surface area contributed by atoms with Gasteiger partial charge < -0.3 is 10.1 Å². The number of hydrogen-bond acceptors (Lipinski definition) is 4. The molecule has 1 heterocycles. The number of halogens is 3. The fraction of sp³-hybridized carbons (Fsp3) is 0.533. The van der Waals surface area contributed by atoms with Gasteiger partial charge in [-0.25, -0.2) is 0 Å². The molecule has 1 aliphatic heterocycles. The summed E-state index contributed by atoms with van der Waals surface area (Å²) in [5.74, 6) is -1.23. The van der Waals surface area contributed by atoms with Crippen LogP contribution in [0.15, 0.2) is 24.3 Å². The Kier molecular flexibility index (Phi) is 5.42. The Morgan fingerprint density at radius 3 is 2.64 bits per heavy atom. The number of piperazine rings is 1. The van der Waals surface area contributed by atoms with Crippen molar-refractivity contribution < 1.29 is 22.7 Å². The van der Waals surface area contributed by atoms with E-state index in [1.165, 1.54) is 13.2 Å². The third-order valence-corrected chi connectivity index (χ3v) is 3.75. The van der Waals surface area contributed by atoms with E-state index in [-0.39, 0.29) is 0 Å². The van der Waals surface area contributed by atoms with Gasteiger partial charge in [0.2, 0.25) is 0 Å². The van der Waals surface area contributed by atoms with Gasteiger partial charge in [-0.05, 0) is 11.6 Å². The fourth-order valence-electron chi connectivity index (χ4n) is 2.54. The van der Waals surface area contributed by atoms with E-state index < -0.39 is 23.6 Å². The van der Waals surface area contributed by atoms with Crippen molar-refractivity contribution in [1.82, 2.24) is 10.2 Å². The highest BCUT2D eigenvalue weighted by Crippen LogP contribution is 2.31. The Hall–Kier alpha value is -1.60. The van der Waals surface area contributed by atoms with Crippen molar-refractivity contribution in [2.24, 2.45) is 0 Å². The van der Waals surface area contributed by atoms with Crippen LogP contribution in [0.25, 0.3) is 0 Å². The monoisotopic (exact) mass is 316 g/mol. The zero-order valence-corrected chi connectivity index (χ0v) is 12.3. The molecule has 1 aromatic carbocycles. The van der Waals surface area contributed by atoms with Crippen LogP contribution in [0.3, 0.4) is 0 Å². The summed E-state index contributed by atoms with van der Waals surface area (Å²) in [5.41, 5.74) is -0.417. The van der Waals surface area contributed by atoms with Crippen molar-refractivity contribution >= 4 is 5.97 Å². The predicted molar refractivity (Wildman–Crippen MR) is 75.5 cm³/mol. The second-order valence-electron chi connectivity index (χ2n) is 5.25. The Morgan fingerprint density at radius 1 is 1.36 bits per heavy atom. The van der Waals surface area contributed by atoms with Crippen LogP contribution < -0.4 is 5.32 Å². The molecule has 1 saturated heterocycles. The highest BCUT2D eigenvalue weighted by Gasteiger charge is 2.32. The van der Waals surface area contributed by atoms with Crippen molar-refractivity contribution in [3.63, 3.8) is 0 Å². The van der Waals surface area contributed by atoms with E-state index in [9.17, 15) is 18.0 Å². The first kappa shape index (κ1) is 16.8. The number of rotatable bonds is 4. The zero-order chi connectivity index (χ0) is 16.2. The predicted octanol–water partition coefficient (Wildman–Crippen LogP) is 1.87. The van der Waals surface area contributed by atoms with Crippen LogP contribution in [0.5, 0.6) is 0 Å². The molecular weight excluding hydrogens is 297 g/mol. The number of carbonyl (C=O) groups is 1. The quantitative estimate of drug-likeness (QED) is 0.861. The number of nitrogens with zero attached hydrogens (tertiary/aromatic N) is 1. The van der Waals surface area contributed by atoms with Crippen LogP contribution in [0, 0.1) is 0 Å². The number of hydrogen-bond donors (Lipinski definition) is 1. The molecule has 1 fully saturated rings. The number of carbonyl (C=O) groups excluding carboxylic acids is 1. The van der Waals surface area contributed by atoms with Crippen molar-refractivity contribution in [2.45, 2.75) is 12.1 Å². The standard InChI is InChI=1S/C15H19F3N2O2/c1-22-14(21)13(10-20-7-5-19-6-8-20)11-3-2-4-12(9-11)15(16,17)18/h2-4,9,13,19H,5-8,10H2,1H3. The number of nitrogens with one attached hydrogen (secondary N) is 1. The van der Waals surface area contributed by atoms with Crippen LogP contribution in [0.4, 0.5) is 13.2 Å². The normalized spacial score (nSPS) is 18.0. The molecule has 1 aliphatic rings. The van der Waals surface area contributed by atoms with Gasteiger partial charge in [-0.2, -0.15) is 13.2 Å². The number of methoxy groups -OCH3 is 1. The molecule has 7 heteroatoms. The smallest absolute Gasteiger partial charge is 0.416 e. The molecule has 1 atom stereocenters. The lowest BCUT2D eigenvalue weighted by Crippen LogP contribution is -2.45. The van der Waals surface area contributed by atoms with E-state index in [0.29, 0.717) is 12.1 Å². The molecule has 22 heavy (non-hydrogen) atoms. The summed E-state index contributed by atoms with van der Waals surface area (Å²) >= 11 is 0. The molecule has 1 aromatic rings. The molecule has 1 unspecified atom stereocenters. The second-order valence-corrected chi connectivity index (χ2v) is 5.25. The lowest BCUT2D eigenvalue weighted by Gasteiger charge is -2.30. The average Bonchev–Trinajstić information content (AvgIpc) is 2.52. The van der Waals surface area contributed by atoms with Gasteiger partial charge in [-0.3, -0.25) is 9.69 Å². The van der Waals surface area contributed by atoms with Crippen LogP contribution in [-0.4, -0.2) is 50.7 Å². The van der Waals surface area contributed by atoms with Gasteiger partial charge in [0.15, 0.2) is 0 Å². The zero-order valence-electron chi connectivity index (χ0n) is 12.3. The minimum atomic E-state index is -4.42. The summed E-state index contributed by atoms with van der Waals surface area (Å²) in [5, 5.41) is 3.19. The molecule has 2 rings (SSSR count). The van der Waals surface area contributed by atoms with Gasteiger partial charge >= 0.3 is 12.1 Å². The Morgan fingerprint density at radius 2 is 2.05 bits per heavy atom. The van der Waals surface area contributed by atoms with Crippen LogP contribution in [0.2, 0.25) is 0 Å². The molecule has 1 N–H and O–H groups in total. The van der Waals surface area contributed by atoms with Gasteiger partial charge in [0.1, 0.15) is 0 Å². The first-order valence-electron chi connectivity index (χ1n) is 7.10. The summed E-state index contributed by atoms with van der Waals surface area (Å²) in [6, 6.07) is 4.90. The van der Waals surface area contributed by atoms with Gasteiger partial charge in [0.05, 0.1) is 18.6 Å². The molecule has 122 valence electrons. The molecule has 0 amide bonds. The van der Waals surface area contributed by atoms with Crippen molar-refractivity contribution in [3.8, 4) is 0 Å². The van der Waals surface area contributed by atoms with Crippen LogP contribution in [0.1, 0.15) is 17.0 Å². The number of alkyl halides is 3. The lowest BCUT2D eigenvalue weighted by atomic mass is 9.96. The lowest BCUT2D eigenvalue weighted by molar-refractivity contribution is -0.143. The number of esters is 1. The third-order valence-electron chi connectivity index (χ3n) is 3.75. The largest absolute Gasteiger partial charge is 0.469 e. The van der Waals surface area contributed by atoms with E-state index in [0.717, 1.165) is 38.3 Å². The fourth-order valence-corrected chi connectivity index (χ4v) is 2.54. The van der Waals surface area contributed by atoms with Gasteiger partial charge in [-0.15, -0.1) is 0 Å². The third kappa shape index (κ3) is 4.20. The average molecular weight is 316 g/mol. The topological polar surface area (TPSA) is 41.6 Å². The minimum absolute atomic E-state index is 0.334. The van der Waals surface area contributed by atoms with Crippen LogP contribution in [-0.2, 0) is 15.7 Å². The molecule has 0 aromatic heterocycles. The summed E-state index contributed by atoms with van der Waals surface area (Å²) in [6.07, 6.45) is -4.42. The highest BCUT2D eigenvalue weighted by atomic mass is 19.4. The summed E-state index contributed by atoms with van der Waals surface area (Å²) in [4.78, 5) is 14.1. The van der Waals surface area contributed by atoms with E-state index in [2.05, 4.69) is 10.2 Å². The van der Waals surface area contributed by atoms with E-state index in [1.54, 1.807) is 6.07 Å². The van der Waals surface area contributed by atoms with Crippen molar-refractivity contribution in [2.75, 3.05) is 39.8 Å². The first-order chi connectivity index (χ1) is 10.4. The molecule has 4 nitrogen and oxygen atoms in total. The molecule has 0 aliphatic carbocycles. The number of ether oxygens (including phenoxy) is 1. The maximum atomic E-state index is 12.8. The van der Waals surface area contributed by atoms with E-state index in [4.69, 9.17) is 4.74 Å². The Balaban J connectivity index is 2.23. The SMILES string of the molecule is COC(=O)C(CN1CCNCC1)c1cccc(C(F)(F)F)c1. The summed E-state index contributed by atoms with van der Waals surface area (Å²) in [7, 11) is 1.25. The Labute approximate surface area is 127 Å². The molecule has 0 spiro atoms. The minimum Gasteiger partial charge on any atom is -0.469 e. The molecule has 0 radical (unpaired) electrons. The van der Waals surface area contributed by atoms with Crippen molar-refractivity contribution in [3.05, 3.63) is 35.4 Å². The Bertz CT molecular complexity index is 514. The first-order valence-corrected chi connectivity index (χ1v) is 7.10. The maximum Gasteiger partial charge on any atom is 0.416 e. The van der Waals surface area contributed by atoms with Gasteiger partial charge in [0, 0.05) is 32.7 Å². The van der Waals surface area contributed by atoms with Gasteiger partial charge in [0.25, 0.3) is 0 Å².